The van der Waals surface area contributed by atoms with Gasteiger partial charge in [-0.3, -0.25) is 14.5 Å². The zero-order chi connectivity index (χ0) is 20.2. The van der Waals surface area contributed by atoms with Crippen molar-refractivity contribution in [3.8, 4) is 10.8 Å². The number of carbonyl (C=O) groups is 3. The van der Waals surface area contributed by atoms with Crippen molar-refractivity contribution >= 4 is 56.9 Å². The quantitative estimate of drug-likeness (QED) is 0.389. The fourth-order valence-corrected chi connectivity index (χ4v) is 6.11. The van der Waals surface area contributed by atoms with Crippen LogP contribution in [0, 0.1) is 0 Å². The zero-order valence-electron chi connectivity index (χ0n) is 14.5. The van der Waals surface area contributed by atoms with Gasteiger partial charge in [0, 0.05) is 37.2 Å². The minimum Gasteiger partial charge on any atom is -0.477 e. The Kier molecular flexibility index (Phi) is 4.59. The molecule has 0 radical (unpaired) electrons. The number of fused-ring (bicyclic) bond motifs is 1. The van der Waals surface area contributed by atoms with Crippen LogP contribution in [0.2, 0.25) is 0 Å². The molecule has 0 aromatic carbocycles. The molecule has 1 amide bonds. The van der Waals surface area contributed by atoms with Crippen LogP contribution in [0.5, 0.6) is 0 Å². The first kappa shape index (κ1) is 19.2. The van der Waals surface area contributed by atoms with E-state index < -0.39 is 33.6 Å². The molecule has 12 heteroatoms. The van der Waals surface area contributed by atoms with E-state index in [4.69, 9.17) is 4.74 Å². The van der Waals surface area contributed by atoms with Crippen LogP contribution in [0.3, 0.4) is 0 Å². The third-order valence-corrected chi connectivity index (χ3v) is 7.84. The number of carboxylic acid groups (broad SMARTS) is 1. The molecule has 1 saturated heterocycles. The highest BCUT2D eigenvalue weighted by molar-refractivity contribution is 9.10. The Balaban J connectivity index is 1.73. The number of aliphatic carboxylic acids is 1. The first-order chi connectivity index (χ1) is 13.2. The van der Waals surface area contributed by atoms with Crippen LogP contribution in [0.25, 0.3) is 10.8 Å². The molecule has 2 aliphatic rings. The monoisotopic (exact) mass is 484 g/mol. The van der Waals surface area contributed by atoms with Crippen LogP contribution >= 0.6 is 39.0 Å². The molecule has 0 saturated carbocycles. The fourth-order valence-electron chi connectivity index (χ4n) is 3.17. The number of alkyl halides is 1. The van der Waals surface area contributed by atoms with Crippen molar-refractivity contribution in [1.29, 1.82) is 0 Å². The molecule has 28 heavy (non-hydrogen) atoms. The van der Waals surface area contributed by atoms with Gasteiger partial charge >= 0.3 is 11.9 Å². The lowest BCUT2D eigenvalue weighted by Crippen LogP contribution is -2.70. The van der Waals surface area contributed by atoms with Gasteiger partial charge in [-0.15, -0.1) is 23.1 Å². The predicted octanol–water partition coefficient (Wildman–Crippen LogP) is 2.12. The topological polar surface area (TPSA) is 115 Å². The zero-order valence-corrected chi connectivity index (χ0v) is 17.7. The van der Waals surface area contributed by atoms with E-state index >= 15 is 0 Å². The fraction of sp³-hybridized carbons (Fsp3) is 0.312. The maximum atomic E-state index is 12.9. The number of nitrogens with zero attached hydrogens (tertiary/aromatic N) is 4. The maximum absolute atomic E-state index is 12.9. The summed E-state index contributed by atoms with van der Waals surface area (Å²) in [6, 6.07) is 0. The van der Waals surface area contributed by atoms with Gasteiger partial charge in [0.2, 0.25) is 0 Å². The number of imidazole rings is 1. The number of aromatic nitrogens is 3. The lowest BCUT2D eigenvalue weighted by Gasteiger charge is -2.51. The summed E-state index contributed by atoms with van der Waals surface area (Å²) in [4.78, 5) is 46.0. The Labute approximate surface area is 175 Å². The highest BCUT2D eigenvalue weighted by atomic mass is 79.9. The van der Waals surface area contributed by atoms with Gasteiger partial charge in [-0.05, 0) is 0 Å². The van der Waals surface area contributed by atoms with Crippen molar-refractivity contribution in [2.24, 2.45) is 7.05 Å². The van der Waals surface area contributed by atoms with Crippen LogP contribution < -0.4 is 0 Å². The summed E-state index contributed by atoms with van der Waals surface area (Å²) in [5.41, 5.74) is 0.276. The summed E-state index contributed by atoms with van der Waals surface area (Å²) in [5.74, 6) is -1.69. The lowest BCUT2D eigenvalue weighted by atomic mass is 9.89. The van der Waals surface area contributed by atoms with Gasteiger partial charge in [-0.1, -0.05) is 15.9 Å². The summed E-state index contributed by atoms with van der Waals surface area (Å²) in [6.45, 7) is 1.25. The molecule has 0 aliphatic carbocycles. The Morgan fingerprint density at radius 1 is 1.46 bits per heavy atom. The molecule has 146 valence electrons. The van der Waals surface area contributed by atoms with Crippen LogP contribution in [-0.4, -0.2) is 52.1 Å². The van der Waals surface area contributed by atoms with E-state index in [0.29, 0.717) is 16.5 Å². The molecule has 3 atom stereocenters. The Bertz CT molecular complexity index is 1020. The van der Waals surface area contributed by atoms with Crippen molar-refractivity contribution in [2.75, 3.05) is 0 Å². The number of carboxylic acids is 1. The number of rotatable bonds is 5. The van der Waals surface area contributed by atoms with E-state index in [9.17, 15) is 19.5 Å². The maximum Gasteiger partial charge on any atom is 0.353 e. The van der Waals surface area contributed by atoms with Crippen molar-refractivity contribution in [2.45, 2.75) is 22.7 Å². The van der Waals surface area contributed by atoms with Gasteiger partial charge in [0.15, 0.2) is 21.3 Å². The molecule has 2 aliphatic heterocycles. The highest BCUT2D eigenvalue weighted by Crippen LogP contribution is 2.57. The summed E-state index contributed by atoms with van der Waals surface area (Å²) in [6.07, 6.45) is 2.30. The normalized spacial score (nSPS) is 24.4. The van der Waals surface area contributed by atoms with Crippen molar-refractivity contribution in [3.05, 3.63) is 34.6 Å². The number of hydrogen-bond donors (Lipinski definition) is 1. The molecule has 0 spiro atoms. The second-order valence-corrected chi connectivity index (χ2v) is 9.33. The smallest absolute Gasteiger partial charge is 0.353 e. The standard InChI is InChI=1S/C16H13BrN4O5S2/c1-7(22)26-10(8-5-20(2)11(19-8)12-18-3-4-27-12)16(17)14(25)21-9(13(23)24)6-28-15(16)21/h3-6,10,15H,1-2H3,(H,23,24)/t10?,15-,16?/m1/s1. The molecule has 1 fully saturated rings. The average molecular weight is 485 g/mol. The third kappa shape index (κ3) is 2.70. The predicted molar refractivity (Wildman–Crippen MR) is 104 cm³/mol. The van der Waals surface area contributed by atoms with E-state index in [1.807, 2.05) is 5.38 Å². The van der Waals surface area contributed by atoms with E-state index in [1.165, 1.54) is 40.3 Å². The van der Waals surface area contributed by atoms with Crippen molar-refractivity contribution in [3.63, 3.8) is 0 Å². The van der Waals surface area contributed by atoms with Crippen LogP contribution in [0.1, 0.15) is 18.7 Å². The van der Waals surface area contributed by atoms with Crippen LogP contribution in [0.15, 0.2) is 28.9 Å². The van der Waals surface area contributed by atoms with Crippen LogP contribution in [0.4, 0.5) is 0 Å². The van der Waals surface area contributed by atoms with E-state index in [1.54, 1.807) is 24.0 Å². The molecule has 2 unspecified atom stereocenters. The summed E-state index contributed by atoms with van der Waals surface area (Å²) >= 11 is 6.04. The highest BCUT2D eigenvalue weighted by Gasteiger charge is 2.69. The number of β-lactam (4-membered cyclic amide) rings is 1. The van der Waals surface area contributed by atoms with Gasteiger partial charge in [0.25, 0.3) is 5.91 Å². The molecule has 2 aromatic rings. The number of aryl methyl sites for hydroxylation is 1. The van der Waals surface area contributed by atoms with Gasteiger partial charge in [0.05, 0.1) is 0 Å². The van der Waals surface area contributed by atoms with Crippen molar-refractivity contribution in [1.82, 2.24) is 19.4 Å². The lowest BCUT2D eigenvalue weighted by molar-refractivity contribution is -0.162. The second kappa shape index (κ2) is 6.71. The van der Waals surface area contributed by atoms with Gasteiger partial charge in [-0.25, -0.2) is 14.8 Å². The van der Waals surface area contributed by atoms with E-state index in [2.05, 4.69) is 25.9 Å². The molecule has 4 rings (SSSR count). The molecular weight excluding hydrogens is 472 g/mol. The summed E-state index contributed by atoms with van der Waals surface area (Å²) < 4.78 is 5.91. The third-order valence-electron chi connectivity index (χ3n) is 4.38. The molecule has 2 aromatic heterocycles. The first-order valence-corrected chi connectivity index (χ1v) is 10.6. The number of hydrogen-bond acceptors (Lipinski definition) is 8. The number of thiazole rings is 1. The Morgan fingerprint density at radius 2 is 2.21 bits per heavy atom. The second-order valence-electron chi connectivity index (χ2n) is 6.17. The van der Waals surface area contributed by atoms with Gasteiger partial charge < -0.3 is 14.4 Å². The minimum atomic E-state index is -1.33. The molecule has 1 N–H and O–H groups in total. The average Bonchev–Trinajstić information content (AvgIpc) is 3.36. The number of ether oxygens (including phenoxy) is 1. The molecular formula is C16H13BrN4O5S2. The largest absolute Gasteiger partial charge is 0.477 e. The van der Waals surface area contributed by atoms with Crippen LogP contribution in [-0.2, 0) is 26.2 Å². The SMILES string of the molecule is CC(=O)OC(c1cn(C)c(-c2nccs2)n1)C1(Br)C(=O)N2C(C(=O)O)=CS[C@@H]21. The first-order valence-electron chi connectivity index (χ1n) is 7.97. The number of esters is 1. The summed E-state index contributed by atoms with van der Waals surface area (Å²) in [5, 5.41) is 12.6. The molecule has 0 bridgehead atoms. The van der Waals surface area contributed by atoms with E-state index in [-0.39, 0.29) is 5.70 Å². The molecule has 9 nitrogen and oxygen atoms in total. The van der Waals surface area contributed by atoms with Crippen molar-refractivity contribution < 1.29 is 24.2 Å². The summed E-state index contributed by atoms with van der Waals surface area (Å²) in [7, 11) is 1.78. The Hall–Kier alpha value is -2.18. The number of halogens is 1. The number of amides is 1. The minimum absolute atomic E-state index is 0.0962. The van der Waals surface area contributed by atoms with Gasteiger partial charge in [-0.2, -0.15) is 0 Å². The number of thioether (sulfide) groups is 1. The Morgan fingerprint density at radius 3 is 2.82 bits per heavy atom. The number of carbonyl (C=O) groups excluding carboxylic acids is 2. The van der Waals surface area contributed by atoms with Gasteiger partial charge in [0.1, 0.15) is 16.8 Å². The molecule has 4 heterocycles. The van der Waals surface area contributed by atoms with E-state index in [0.717, 1.165) is 0 Å².